The number of nitro groups is 1. The van der Waals surface area contributed by atoms with Crippen molar-refractivity contribution in [3.63, 3.8) is 0 Å². The van der Waals surface area contributed by atoms with Crippen LogP contribution >= 0.6 is 71.0 Å². The van der Waals surface area contributed by atoms with E-state index < -0.39 is 10.7 Å². The topological polar surface area (TPSA) is 46.4 Å². The molecule has 0 aromatic heterocycles. The van der Waals surface area contributed by atoms with E-state index in [0.29, 0.717) is 29.6 Å². The highest BCUT2D eigenvalue weighted by Gasteiger charge is 2.15. The zero-order chi connectivity index (χ0) is 25.2. The van der Waals surface area contributed by atoms with Crippen molar-refractivity contribution < 1.29 is 9.31 Å². The van der Waals surface area contributed by atoms with Crippen LogP contribution < -0.4 is 4.90 Å². The molecular formula is C24H12Br3Cl2FN2O2. The number of hydrogen-bond acceptors (Lipinski definition) is 3. The number of benzene rings is 3. The summed E-state index contributed by atoms with van der Waals surface area (Å²) in [5.74, 6) is 10.6. The summed E-state index contributed by atoms with van der Waals surface area (Å²) >= 11 is 22.7. The molecule has 3 rings (SSSR count). The van der Waals surface area contributed by atoms with Gasteiger partial charge in [-0.25, -0.2) is 4.39 Å². The highest BCUT2D eigenvalue weighted by atomic mass is 79.9. The van der Waals surface area contributed by atoms with Crippen LogP contribution in [0.1, 0.15) is 22.3 Å². The molecule has 3 aromatic rings. The Bertz CT molecular complexity index is 1430. The van der Waals surface area contributed by atoms with E-state index in [2.05, 4.69) is 71.5 Å². The minimum absolute atomic E-state index is 0.0618. The lowest BCUT2D eigenvalue weighted by atomic mass is 10.1. The lowest BCUT2D eigenvalue weighted by Crippen LogP contribution is -2.08. The van der Waals surface area contributed by atoms with Gasteiger partial charge in [0.25, 0.3) is 5.69 Å². The van der Waals surface area contributed by atoms with Crippen LogP contribution in [0.2, 0.25) is 10.0 Å². The van der Waals surface area contributed by atoms with Crippen molar-refractivity contribution in [1.29, 1.82) is 0 Å². The van der Waals surface area contributed by atoms with Gasteiger partial charge in [0.15, 0.2) is 5.82 Å². The first-order valence-corrected chi connectivity index (χ1v) is 12.4. The molecule has 10 heteroatoms. The lowest BCUT2D eigenvalue weighted by molar-refractivity contribution is -0.384. The molecule has 0 aliphatic heterocycles. The van der Waals surface area contributed by atoms with E-state index in [0.717, 1.165) is 5.69 Å². The number of nitro benzene ring substituents is 1. The predicted molar refractivity (Wildman–Crippen MR) is 145 cm³/mol. The van der Waals surface area contributed by atoms with Crippen molar-refractivity contribution in [2.24, 2.45) is 0 Å². The molecule has 0 atom stereocenters. The van der Waals surface area contributed by atoms with Crippen LogP contribution in [0.5, 0.6) is 0 Å². The maximum atomic E-state index is 15.1. The minimum atomic E-state index is -0.729. The summed E-state index contributed by atoms with van der Waals surface area (Å²) < 4.78 is 16.6. The Hall–Kier alpha value is -2.07. The zero-order valence-corrected chi connectivity index (χ0v) is 23.7. The predicted octanol–water partition coefficient (Wildman–Crippen LogP) is 8.19. The number of halogens is 6. The monoisotopic (exact) mass is 686 g/mol. The summed E-state index contributed by atoms with van der Waals surface area (Å²) in [5, 5.41) is 11.1. The first-order chi connectivity index (χ1) is 16.0. The van der Waals surface area contributed by atoms with Crippen LogP contribution in [-0.4, -0.2) is 19.0 Å². The average molecular weight is 690 g/mol. The van der Waals surface area contributed by atoms with Gasteiger partial charge in [-0.3, -0.25) is 10.1 Å². The van der Waals surface area contributed by atoms with Gasteiger partial charge in [-0.1, -0.05) is 46.9 Å². The van der Waals surface area contributed by atoms with Gasteiger partial charge in [-0.2, -0.15) is 0 Å². The molecular weight excluding hydrogens is 678 g/mol. The first-order valence-electron chi connectivity index (χ1n) is 9.31. The summed E-state index contributed by atoms with van der Waals surface area (Å²) in [7, 11) is 3.78. The lowest BCUT2D eigenvalue weighted by Gasteiger charge is -2.14. The highest BCUT2D eigenvalue weighted by Crippen LogP contribution is 2.32. The minimum Gasteiger partial charge on any atom is -0.378 e. The fourth-order valence-electron chi connectivity index (χ4n) is 2.72. The molecule has 0 saturated carbocycles. The van der Waals surface area contributed by atoms with Crippen molar-refractivity contribution in [3.8, 4) is 23.7 Å². The molecule has 0 unspecified atom stereocenters. The molecule has 0 spiro atoms. The molecule has 0 heterocycles. The quantitative estimate of drug-likeness (QED) is 0.118. The summed E-state index contributed by atoms with van der Waals surface area (Å²) in [6.45, 7) is 0. The Balaban J connectivity index is 1.99. The molecule has 0 aliphatic carbocycles. The van der Waals surface area contributed by atoms with Gasteiger partial charge >= 0.3 is 0 Å². The van der Waals surface area contributed by atoms with Crippen LogP contribution in [0.3, 0.4) is 0 Å². The summed E-state index contributed by atoms with van der Waals surface area (Å²) in [6, 6.07) is 9.37. The van der Waals surface area contributed by atoms with E-state index in [9.17, 15) is 10.1 Å². The number of hydrogen-bond donors (Lipinski definition) is 0. The molecule has 172 valence electrons. The van der Waals surface area contributed by atoms with Gasteiger partial charge < -0.3 is 4.90 Å². The van der Waals surface area contributed by atoms with Gasteiger partial charge in [0.2, 0.25) is 0 Å². The molecule has 0 aliphatic rings. The Morgan fingerprint density at radius 1 is 0.882 bits per heavy atom. The SMILES string of the molecule is CN(C)c1cc(Cl)c(C#Cc2c(Br)cc(C#Cc3ccc([N+](=O)[O-])cc3Br)c(Cl)c2F)c(Br)c1. The largest absolute Gasteiger partial charge is 0.378 e. The molecule has 34 heavy (non-hydrogen) atoms. The molecule has 0 radical (unpaired) electrons. The summed E-state index contributed by atoms with van der Waals surface area (Å²) in [4.78, 5) is 12.3. The summed E-state index contributed by atoms with van der Waals surface area (Å²) in [5.41, 5.74) is 2.11. The van der Waals surface area contributed by atoms with Crippen LogP contribution in [0.4, 0.5) is 15.8 Å². The third-order valence-corrected chi connectivity index (χ3v) is 7.08. The zero-order valence-electron chi connectivity index (χ0n) is 17.4. The number of non-ortho nitro benzene ring substituents is 1. The maximum Gasteiger partial charge on any atom is 0.270 e. The van der Waals surface area contributed by atoms with E-state index in [-0.39, 0.29) is 21.8 Å². The van der Waals surface area contributed by atoms with Crippen molar-refractivity contribution in [1.82, 2.24) is 0 Å². The van der Waals surface area contributed by atoms with Gasteiger partial charge in [0, 0.05) is 56.5 Å². The van der Waals surface area contributed by atoms with E-state index >= 15 is 4.39 Å². The number of rotatable bonds is 2. The molecule has 0 bridgehead atoms. The fraction of sp³-hybridized carbons (Fsp3) is 0.0833. The second kappa shape index (κ2) is 11.1. The normalized spacial score (nSPS) is 10.1. The number of anilines is 1. The van der Waals surface area contributed by atoms with Gasteiger partial charge in [0.05, 0.1) is 26.1 Å². The Kier molecular flexibility index (Phi) is 8.67. The van der Waals surface area contributed by atoms with Crippen molar-refractivity contribution >= 4 is 82.4 Å². The van der Waals surface area contributed by atoms with Crippen LogP contribution in [-0.2, 0) is 0 Å². The van der Waals surface area contributed by atoms with Crippen molar-refractivity contribution in [2.75, 3.05) is 19.0 Å². The molecule has 0 N–H and O–H groups in total. The second-order valence-corrected chi connectivity index (χ2v) is 10.4. The molecule has 4 nitrogen and oxygen atoms in total. The Morgan fingerprint density at radius 3 is 2.09 bits per heavy atom. The number of nitrogens with zero attached hydrogens (tertiary/aromatic N) is 2. The fourth-order valence-corrected chi connectivity index (χ4v) is 4.80. The third-order valence-electron chi connectivity index (χ3n) is 4.51. The average Bonchev–Trinajstić information content (AvgIpc) is 2.76. The van der Waals surface area contributed by atoms with E-state index in [1.807, 2.05) is 25.1 Å². The molecule has 0 fully saturated rings. The van der Waals surface area contributed by atoms with Gasteiger partial charge in [-0.15, -0.1) is 0 Å². The van der Waals surface area contributed by atoms with E-state index in [4.69, 9.17) is 23.2 Å². The van der Waals surface area contributed by atoms with Crippen molar-refractivity contribution in [3.05, 3.63) is 98.0 Å². The van der Waals surface area contributed by atoms with Crippen LogP contribution in [0.15, 0.2) is 49.8 Å². The molecule has 3 aromatic carbocycles. The molecule has 0 amide bonds. The smallest absolute Gasteiger partial charge is 0.270 e. The third kappa shape index (κ3) is 5.94. The van der Waals surface area contributed by atoms with E-state index in [1.54, 1.807) is 12.1 Å². The van der Waals surface area contributed by atoms with Crippen molar-refractivity contribution in [2.45, 2.75) is 0 Å². The van der Waals surface area contributed by atoms with Gasteiger partial charge in [0.1, 0.15) is 0 Å². The Morgan fingerprint density at radius 2 is 1.50 bits per heavy atom. The van der Waals surface area contributed by atoms with Crippen LogP contribution in [0.25, 0.3) is 0 Å². The standard InChI is InChI=1S/C24H12Br3Cl2FN2O2/c1-31(2)16-11-21(27)17(22(28)12-16)7-8-18-20(26)9-14(23(29)24(18)30)4-3-13-5-6-15(32(33)34)10-19(13)25/h5-6,9-12H,1-2H3. The molecule has 0 saturated heterocycles. The van der Waals surface area contributed by atoms with Gasteiger partial charge in [-0.05, 0) is 72.1 Å². The summed E-state index contributed by atoms with van der Waals surface area (Å²) in [6.07, 6.45) is 0. The van der Waals surface area contributed by atoms with E-state index in [1.165, 1.54) is 18.2 Å². The maximum absolute atomic E-state index is 15.1. The van der Waals surface area contributed by atoms with Crippen LogP contribution in [0, 0.1) is 39.6 Å². The Labute approximate surface area is 231 Å². The second-order valence-electron chi connectivity index (χ2n) is 7.01. The first kappa shape index (κ1) is 26.5. The highest BCUT2D eigenvalue weighted by molar-refractivity contribution is 9.11.